The standard InChI is InChI=1S/C25H24N4O3S3/c1-2-17-33-25-28-27-24(34-25)26-23(30)21-15-9-10-16-22(21)29(18-19-11-5-3-6-12-19)35(31,32)20-13-7-4-8-14-20/h3-16H,2,17-18H2,1H3,(H,26,27,30). The van der Waals surface area contributed by atoms with Gasteiger partial charge in [-0.25, -0.2) is 8.42 Å². The number of thioether (sulfide) groups is 1. The van der Waals surface area contributed by atoms with Crippen molar-refractivity contribution in [3.8, 4) is 0 Å². The summed E-state index contributed by atoms with van der Waals surface area (Å²) >= 11 is 2.87. The van der Waals surface area contributed by atoms with Gasteiger partial charge in [-0.3, -0.25) is 14.4 Å². The zero-order valence-electron chi connectivity index (χ0n) is 19.0. The van der Waals surface area contributed by atoms with E-state index in [0.29, 0.717) is 5.13 Å². The second-order valence-electron chi connectivity index (χ2n) is 7.50. The van der Waals surface area contributed by atoms with E-state index in [1.165, 1.54) is 15.6 Å². The van der Waals surface area contributed by atoms with Crippen LogP contribution >= 0.6 is 23.1 Å². The molecule has 7 nitrogen and oxygen atoms in total. The van der Waals surface area contributed by atoms with Gasteiger partial charge in [0.15, 0.2) is 4.34 Å². The number of aromatic nitrogens is 2. The number of amides is 1. The average molecular weight is 525 g/mol. The Labute approximate surface area is 213 Å². The molecular formula is C25H24N4O3S3. The highest BCUT2D eigenvalue weighted by molar-refractivity contribution is 8.01. The zero-order chi connectivity index (χ0) is 24.7. The molecule has 35 heavy (non-hydrogen) atoms. The maximum absolute atomic E-state index is 13.7. The monoisotopic (exact) mass is 524 g/mol. The summed E-state index contributed by atoms with van der Waals surface area (Å²) in [5, 5.41) is 11.3. The van der Waals surface area contributed by atoms with E-state index in [-0.39, 0.29) is 22.7 Å². The summed E-state index contributed by atoms with van der Waals surface area (Å²) in [5.41, 5.74) is 1.30. The van der Waals surface area contributed by atoms with E-state index in [2.05, 4.69) is 22.4 Å². The molecule has 0 saturated carbocycles. The number of sulfonamides is 1. The van der Waals surface area contributed by atoms with E-state index in [0.717, 1.165) is 22.1 Å². The van der Waals surface area contributed by atoms with Crippen LogP contribution in [-0.4, -0.2) is 30.3 Å². The number of rotatable bonds is 10. The minimum absolute atomic E-state index is 0.0684. The summed E-state index contributed by atoms with van der Waals surface area (Å²) in [6.07, 6.45) is 1.01. The van der Waals surface area contributed by atoms with Crippen LogP contribution in [-0.2, 0) is 16.6 Å². The van der Waals surface area contributed by atoms with E-state index in [4.69, 9.17) is 0 Å². The van der Waals surface area contributed by atoms with Gasteiger partial charge in [0.05, 0.1) is 22.7 Å². The first-order chi connectivity index (χ1) is 17.0. The Morgan fingerprint density at radius 2 is 1.60 bits per heavy atom. The molecule has 4 aromatic rings. The third kappa shape index (κ3) is 6.08. The summed E-state index contributed by atoms with van der Waals surface area (Å²) < 4.78 is 29.5. The largest absolute Gasteiger partial charge is 0.296 e. The number of benzene rings is 3. The quantitative estimate of drug-likeness (QED) is 0.212. The van der Waals surface area contributed by atoms with E-state index < -0.39 is 15.9 Å². The maximum atomic E-state index is 13.7. The first-order valence-corrected chi connectivity index (χ1v) is 14.2. The zero-order valence-corrected chi connectivity index (χ0v) is 21.4. The lowest BCUT2D eigenvalue weighted by molar-refractivity contribution is 0.102. The van der Waals surface area contributed by atoms with Crippen LogP contribution in [0.15, 0.2) is 94.2 Å². The lowest BCUT2D eigenvalue weighted by Crippen LogP contribution is -2.32. The Bertz CT molecular complexity index is 1380. The molecule has 3 aromatic carbocycles. The van der Waals surface area contributed by atoms with Crippen LogP contribution < -0.4 is 9.62 Å². The SMILES string of the molecule is CCCSc1nnc(NC(=O)c2ccccc2N(Cc2ccccc2)S(=O)(=O)c2ccccc2)s1. The average Bonchev–Trinajstić information content (AvgIpc) is 3.34. The second kappa shape index (κ2) is 11.5. The molecule has 10 heteroatoms. The Morgan fingerprint density at radius 1 is 0.943 bits per heavy atom. The summed E-state index contributed by atoms with van der Waals surface area (Å²) in [4.78, 5) is 13.4. The van der Waals surface area contributed by atoms with Crippen molar-refractivity contribution in [2.75, 3.05) is 15.4 Å². The van der Waals surface area contributed by atoms with Crippen molar-refractivity contribution in [3.05, 3.63) is 96.1 Å². The summed E-state index contributed by atoms with van der Waals surface area (Å²) in [6.45, 7) is 2.15. The van der Waals surface area contributed by atoms with Crippen molar-refractivity contribution < 1.29 is 13.2 Å². The van der Waals surface area contributed by atoms with Gasteiger partial charge in [0.2, 0.25) is 5.13 Å². The highest BCUT2D eigenvalue weighted by Gasteiger charge is 2.28. The molecule has 1 N–H and O–H groups in total. The van der Waals surface area contributed by atoms with E-state index >= 15 is 0 Å². The van der Waals surface area contributed by atoms with E-state index in [9.17, 15) is 13.2 Å². The Kier molecular flexibility index (Phi) is 8.17. The number of carbonyl (C=O) groups excluding carboxylic acids is 1. The highest BCUT2D eigenvalue weighted by atomic mass is 32.2. The minimum atomic E-state index is -3.96. The third-order valence-electron chi connectivity index (χ3n) is 4.97. The van der Waals surface area contributed by atoms with Crippen LogP contribution in [0.1, 0.15) is 29.3 Å². The first kappa shape index (κ1) is 24.9. The number of anilines is 2. The van der Waals surface area contributed by atoms with Crippen LogP contribution in [0.5, 0.6) is 0 Å². The Morgan fingerprint density at radius 3 is 2.31 bits per heavy atom. The molecule has 0 saturated heterocycles. The fourth-order valence-corrected chi connectivity index (χ4v) is 6.49. The van der Waals surface area contributed by atoms with Gasteiger partial charge >= 0.3 is 0 Å². The van der Waals surface area contributed by atoms with E-state index in [1.54, 1.807) is 66.4 Å². The van der Waals surface area contributed by atoms with Crippen LogP contribution in [0.25, 0.3) is 0 Å². The third-order valence-corrected chi connectivity index (χ3v) is 8.93. The summed E-state index contributed by atoms with van der Waals surface area (Å²) in [6, 6.07) is 24.2. The molecule has 1 aromatic heterocycles. The molecule has 0 aliphatic heterocycles. The minimum Gasteiger partial charge on any atom is -0.296 e. The van der Waals surface area contributed by atoms with E-state index in [1.807, 2.05) is 30.3 Å². The van der Waals surface area contributed by atoms with Crippen molar-refractivity contribution in [1.82, 2.24) is 10.2 Å². The van der Waals surface area contributed by atoms with Crippen LogP contribution in [0, 0.1) is 0 Å². The fourth-order valence-electron chi connectivity index (χ4n) is 3.32. The van der Waals surface area contributed by atoms with Gasteiger partial charge in [0.1, 0.15) is 0 Å². The lowest BCUT2D eigenvalue weighted by atomic mass is 10.1. The molecule has 0 radical (unpaired) electrons. The molecule has 0 atom stereocenters. The van der Waals surface area contributed by atoms with Gasteiger partial charge in [0.25, 0.3) is 15.9 Å². The predicted molar refractivity (Wildman–Crippen MR) is 142 cm³/mol. The number of hydrogen-bond donors (Lipinski definition) is 1. The predicted octanol–water partition coefficient (Wildman–Crippen LogP) is 5.69. The summed E-state index contributed by atoms with van der Waals surface area (Å²) in [7, 11) is -3.96. The van der Waals surface area contributed by atoms with Crippen LogP contribution in [0.2, 0.25) is 0 Å². The Balaban J connectivity index is 1.70. The molecule has 1 heterocycles. The van der Waals surface area contributed by atoms with Crippen molar-refractivity contribution in [3.63, 3.8) is 0 Å². The lowest BCUT2D eigenvalue weighted by Gasteiger charge is -2.26. The molecule has 0 bridgehead atoms. The molecule has 180 valence electrons. The molecule has 0 fully saturated rings. The second-order valence-corrected chi connectivity index (χ2v) is 11.7. The smallest absolute Gasteiger partial charge is 0.264 e. The normalized spacial score (nSPS) is 11.2. The number of nitrogens with zero attached hydrogens (tertiary/aromatic N) is 3. The topological polar surface area (TPSA) is 92.3 Å². The van der Waals surface area contributed by atoms with Crippen molar-refractivity contribution >= 4 is 49.8 Å². The van der Waals surface area contributed by atoms with Crippen LogP contribution in [0.4, 0.5) is 10.8 Å². The maximum Gasteiger partial charge on any atom is 0.264 e. The van der Waals surface area contributed by atoms with Gasteiger partial charge in [-0.15, -0.1) is 10.2 Å². The molecule has 1 amide bonds. The van der Waals surface area contributed by atoms with Gasteiger partial charge in [-0.2, -0.15) is 0 Å². The molecule has 0 spiro atoms. The van der Waals surface area contributed by atoms with Gasteiger partial charge in [-0.1, -0.05) is 90.7 Å². The van der Waals surface area contributed by atoms with Crippen LogP contribution in [0.3, 0.4) is 0 Å². The Hall–Kier alpha value is -3.21. The summed E-state index contributed by atoms with van der Waals surface area (Å²) in [5.74, 6) is 0.460. The van der Waals surface area contributed by atoms with Crippen molar-refractivity contribution in [2.24, 2.45) is 0 Å². The fraction of sp³-hybridized carbons (Fsp3) is 0.160. The van der Waals surface area contributed by atoms with Gasteiger partial charge < -0.3 is 0 Å². The molecule has 0 unspecified atom stereocenters. The highest BCUT2D eigenvalue weighted by Crippen LogP contribution is 2.31. The van der Waals surface area contributed by atoms with Crippen molar-refractivity contribution in [2.45, 2.75) is 29.1 Å². The molecular weight excluding hydrogens is 501 g/mol. The van der Waals surface area contributed by atoms with Gasteiger partial charge in [0, 0.05) is 5.75 Å². The molecule has 4 rings (SSSR count). The number of hydrogen-bond acceptors (Lipinski definition) is 7. The molecule has 0 aliphatic rings. The molecule has 0 aliphatic carbocycles. The number of nitrogens with one attached hydrogen (secondary N) is 1. The number of carbonyl (C=O) groups is 1. The number of para-hydroxylation sites is 1. The van der Waals surface area contributed by atoms with Gasteiger partial charge in [-0.05, 0) is 36.2 Å². The van der Waals surface area contributed by atoms with Crippen molar-refractivity contribution in [1.29, 1.82) is 0 Å². The first-order valence-electron chi connectivity index (χ1n) is 11.0.